The molecule has 1 aromatic rings. The average Bonchev–Trinajstić information content (AvgIpc) is 2.81. The van der Waals surface area contributed by atoms with E-state index >= 15 is 0 Å². The predicted molar refractivity (Wildman–Crippen MR) is 114 cm³/mol. The SMILES string of the molecule is Cc1c(OC2OC(CO)C(O)C(O)C2O)cc(C(C)C)cc1OC1OC(CO)C(O)C(O)C1O. The molecule has 0 aliphatic carbocycles. The summed E-state index contributed by atoms with van der Waals surface area (Å²) >= 11 is 0. The molecular formula is C22H34O12. The van der Waals surface area contributed by atoms with Crippen LogP contribution in [0.15, 0.2) is 12.1 Å². The van der Waals surface area contributed by atoms with Crippen LogP contribution in [-0.2, 0) is 9.47 Å². The Morgan fingerprint density at radius 3 is 1.41 bits per heavy atom. The molecule has 0 radical (unpaired) electrons. The lowest BCUT2D eigenvalue weighted by Gasteiger charge is -2.40. The molecule has 0 spiro atoms. The molecule has 2 aliphatic rings. The van der Waals surface area contributed by atoms with Gasteiger partial charge in [-0.05, 0) is 30.5 Å². The molecular weight excluding hydrogens is 456 g/mol. The van der Waals surface area contributed by atoms with Crippen LogP contribution >= 0.6 is 0 Å². The first-order valence-corrected chi connectivity index (χ1v) is 11.1. The third-order valence-electron chi connectivity index (χ3n) is 6.18. The first-order valence-electron chi connectivity index (χ1n) is 11.1. The van der Waals surface area contributed by atoms with Crippen LogP contribution in [0, 0.1) is 6.92 Å². The summed E-state index contributed by atoms with van der Waals surface area (Å²) in [6, 6.07) is 3.34. The summed E-state index contributed by atoms with van der Waals surface area (Å²) in [5.74, 6) is 0.361. The molecule has 194 valence electrons. The van der Waals surface area contributed by atoms with Gasteiger partial charge in [-0.15, -0.1) is 0 Å². The van der Waals surface area contributed by atoms with Crippen molar-refractivity contribution in [3.63, 3.8) is 0 Å². The Balaban J connectivity index is 1.89. The molecule has 2 saturated heterocycles. The lowest BCUT2D eigenvalue weighted by molar-refractivity contribution is -0.278. The Morgan fingerprint density at radius 1 is 0.706 bits per heavy atom. The molecule has 34 heavy (non-hydrogen) atoms. The van der Waals surface area contributed by atoms with Gasteiger partial charge in [0.15, 0.2) is 0 Å². The second kappa shape index (κ2) is 11.0. The third-order valence-corrected chi connectivity index (χ3v) is 6.18. The van der Waals surface area contributed by atoms with E-state index in [0.717, 1.165) is 5.56 Å². The van der Waals surface area contributed by atoms with Gasteiger partial charge in [-0.3, -0.25) is 0 Å². The highest BCUT2D eigenvalue weighted by Crippen LogP contribution is 2.36. The molecule has 2 aliphatic heterocycles. The summed E-state index contributed by atoms with van der Waals surface area (Å²) in [6.45, 7) is 4.20. The number of ether oxygens (including phenoxy) is 4. The van der Waals surface area contributed by atoms with Crippen LogP contribution in [0.3, 0.4) is 0 Å². The molecule has 10 atom stereocenters. The molecule has 3 rings (SSSR count). The van der Waals surface area contributed by atoms with Crippen molar-refractivity contribution >= 4 is 0 Å². The zero-order chi connectivity index (χ0) is 25.3. The summed E-state index contributed by atoms with van der Waals surface area (Å²) in [5.41, 5.74) is 1.11. The van der Waals surface area contributed by atoms with Crippen molar-refractivity contribution in [3.05, 3.63) is 23.3 Å². The van der Waals surface area contributed by atoms with Gasteiger partial charge in [0.2, 0.25) is 12.6 Å². The lowest BCUT2D eigenvalue weighted by atomic mass is 9.98. The van der Waals surface area contributed by atoms with Gasteiger partial charge in [0, 0.05) is 5.56 Å². The number of aliphatic hydroxyl groups excluding tert-OH is 8. The van der Waals surface area contributed by atoms with E-state index in [4.69, 9.17) is 18.9 Å². The molecule has 0 amide bonds. The van der Waals surface area contributed by atoms with Crippen LogP contribution in [-0.4, -0.2) is 115 Å². The number of rotatable bonds is 7. The van der Waals surface area contributed by atoms with Gasteiger partial charge in [-0.1, -0.05) is 13.8 Å². The third kappa shape index (κ3) is 5.31. The van der Waals surface area contributed by atoms with Gasteiger partial charge >= 0.3 is 0 Å². The fraction of sp³-hybridized carbons (Fsp3) is 0.727. The van der Waals surface area contributed by atoms with Crippen LogP contribution in [0.25, 0.3) is 0 Å². The van der Waals surface area contributed by atoms with Gasteiger partial charge in [0.05, 0.1) is 13.2 Å². The maximum atomic E-state index is 10.3. The van der Waals surface area contributed by atoms with Crippen LogP contribution < -0.4 is 9.47 Å². The van der Waals surface area contributed by atoms with E-state index in [2.05, 4.69) is 0 Å². The highest BCUT2D eigenvalue weighted by molar-refractivity contribution is 5.48. The maximum Gasteiger partial charge on any atom is 0.229 e. The normalized spacial score (nSPS) is 38.7. The Labute approximate surface area is 196 Å². The van der Waals surface area contributed by atoms with E-state index in [1.807, 2.05) is 13.8 Å². The van der Waals surface area contributed by atoms with Crippen molar-refractivity contribution in [2.75, 3.05) is 13.2 Å². The van der Waals surface area contributed by atoms with Crippen LogP contribution in [0.1, 0.15) is 30.9 Å². The van der Waals surface area contributed by atoms with E-state index in [9.17, 15) is 40.9 Å². The van der Waals surface area contributed by atoms with Gasteiger partial charge < -0.3 is 59.8 Å². The number of hydrogen-bond acceptors (Lipinski definition) is 12. The minimum Gasteiger partial charge on any atom is -0.462 e. The van der Waals surface area contributed by atoms with Crippen molar-refractivity contribution in [2.45, 2.75) is 88.1 Å². The summed E-state index contributed by atoms with van der Waals surface area (Å²) in [5, 5.41) is 79.5. The fourth-order valence-corrected chi connectivity index (χ4v) is 3.84. The van der Waals surface area contributed by atoms with E-state index in [0.29, 0.717) is 5.56 Å². The Kier molecular flexibility index (Phi) is 8.74. The second-order valence-electron chi connectivity index (χ2n) is 8.93. The fourth-order valence-electron chi connectivity index (χ4n) is 3.84. The summed E-state index contributed by atoms with van der Waals surface area (Å²) in [7, 11) is 0. The summed E-state index contributed by atoms with van der Waals surface area (Å²) in [6.07, 6.45) is -14.7. The van der Waals surface area contributed by atoms with Crippen molar-refractivity contribution in [2.24, 2.45) is 0 Å². The standard InChI is InChI=1S/C22H34O12/c1-8(2)10-4-11(31-21-19(29)17(27)15(25)13(6-23)33-21)9(3)12(5-10)32-22-20(30)18(28)16(26)14(7-24)34-22/h4-5,8,13-30H,6-7H2,1-3H3. The lowest BCUT2D eigenvalue weighted by Crippen LogP contribution is -2.60. The number of aliphatic hydroxyl groups is 8. The zero-order valence-electron chi connectivity index (χ0n) is 19.1. The minimum atomic E-state index is -1.62. The van der Waals surface area contributed by atoms with Gasteiger partial charge in [-0.25, -0.2) is 0 Å². The highest BCUT2D eigenvalue weighted by Gasteiger charge is 2.46. The topological polar surface area (TPSA) is 199 Å². The van der Waals surface area contributed by atoms with Gasteiger partial charge in [0.25, 0.3) is 0 Å². The van der Waals surface area contributed by atoms with Crippen molar-refractivity contribution in [1.29, 1.82) is 0 Å². The van der Waals surface area contributed by atoms with E-state index in [1.165, 1.54) is 0 Å². The van der Waals surface area contributed by atoms with Crippen LogP contribution in [0.5, 0.6) is 11.5 Å². The molecule has 0 aromatic heterocycles. The molecule has 2 fully saturated rings. The Bertz CT molecular complexity index is 756. The minimum absolute atomic E-state index is 0.0186. The molecule has 12 nitrogen and oxygen atoms in total. The van der Waals surface area contributed by atoms with Crippen LogP contribution in [0.2, 0.25) is 0 Å². The van der Waals surface area contributed by atoms with E-state index in [1.54, 1.807) is 19.1 Å². The molecule has 1 aromatic carbocycles. The zero-order valence-corrected chi connectivity index (χ0v) is 19.1. The smallest absolute Gasteiger partial charge is 0.229 e. The molecule has 8 N–H and O–H groups in total. The van der Waals surface area contributed by atoms with Crippen molar-refractivity contribution in [1.82, 2.24) is 0 Å². The molecule has 2 heterocycles. The molecule has 0 saturated carbocycles. The molecule has 0 bridgehead atoms. The van der Waals surface area contributed by atoms with Gasteiger partial charge in [0.1, 0.15) is 60.3 Å². The largest absolute Gasteiger partial charge is 0.462 e. The van der Waals surface area contributed by atoms with Crippen molar-refractivity contribution in [3.8, 4) is 11.5 Å². The Hall–Kier alpha value is -1.58. The maximum absolute atomic E-state index is 10.3. The average molecular weight is 491 g/mol. The number of benzene rings is 1. The predicted octanol–water partition coefficient (Wildman–Crippen LogP) is -2.52. The second-order valence-corrected chi connectivity index (χ2v) is 8.93. The number of hydrogen-bond donors (Lipinski definition) is 8. The molecule has 12 heteroatoms. The quantitative estimate of drug-likeness (QED) is 0.200. The molecule has 10 unspecified atom stereocenters. The first-order chi connectivity index (χ1) is 16.0. The van der Waals surface area contributed by atoms with Gasteiger partial charge in [-0.2, -0.15) is 0 Å². The van der Waals surface area contributed by atoms with E-state index in [-0.39, 0.29) is 17.4 Å². The van der Waals surface area contributed by atoms with Crippen molar-refractivity contribution < 1.29 is 59.8 Å². The van der Waals surface area contributed by atoms with E-state index < -0.39 is 74.6 Å². The summed E-state index contributed by atoms with van der Waals surface area (Å²) in [4.78, 5) is 0. The monoisotopic (exact) mass is 490 g/mol. The Morgan fingerprint density at radius 2 is 1.09 bits per heavy atom. The summed E-state index contributed by atoms with van der Waals surface area (Å²) < 4.78 is 22.5. The van der Waals surface area contributed by atoms with Crippen LogP contribution in [0.4, 0.5) is 0 Å². The first kappa shape index (κ1) is 27.0. The highest BCUT2D eigenvalue weighted by atomic mass is 16.7.